The highest BCUT2D eigenvalue weighted by Crippen LogP contribution is 2.38. The minimum absolute atomic E-state index is 0.0226. The van der Waals surface area contributed by atoms with E-state index in [1.807, 2.05) is 10.6 Å². The van der Waals surface area contributed by atoms with Gasteiger partial charge in [-0.3, -0.25) is 4.79 Å². The molecular weight excluding hydrogens is 490 g/mol. The predicted molar refractivity (Wildman–Crippen MR) is 135 cm³/mol. The number of ether oxygens (including phenoxy) is 2. The van der Waals surface area contributed by atoms with Gasteiger partial charge < -0.3 is 18.5 Å². The average Bonchev–Trinajstić information content (AvgIpc) is 2.68. The Labute approximate surface area is 200 Å². The number of hydrogen-bond donors (Lipinski definition) is 0. The third-order valence-electron chi connectivity index (χ3n) is 6.35. The molecule has 0 N–H and O–H groups in total. The standard InChI is InChI=1S/C24H36BrNO5Si/c1-10-30-23(28)17-13-26(19-12-21(29-7)18(25)11-16(19)22(17)27)20(15(2)3)14-31-32(8,9)24(4,5)6/h11-13,15,20H,10,14H2,1-9H3. The molecule has 8 heteroatoms. The first-order valence-corrected chi connectivity index (χ1v) is 14.7. The molecule has 1 unspecified atom stereocenters. The molecule has 0 saturated carbocycles. The summed E-state index contributed by atoms with van der Waals surface area (Å²) in [5.74, 6) is 0.186. The molecule has 178 valence electrons. The third kappa shape index (κ3) is 5.46. The van der Waals surface area contributed by atoms with Crippen molar-refractivity contribution < 1.29 is 18.7 Å². The van der Waals surface area contributed by atoms with E-state index in [2.05, 4.69) is 63.6 Å². The molecular formula is C24H36BrNO5Si. The molecule has 0 spiro atoms. The molecule has 0 saturated heterocycles. The van der Waals surface area contributed by atoms with Crippen LogP contribution in [0, 0.1) is 5.92 Å². The Morgan fingerprint density at radius 3 is 2.34 bits per heavy atom. The van der Waals surface area contributed by atoms with E-state index in [1.54, 1.807) is 26.3 Å². The summed E-state index contributed by atoms with van der Waals surface area (Å²) in [5.41, 5.74) is 0.362. The first-order valence-electron chi connectivity index (χ1n) is 11.0. The van der Waals surface area contributed by atoms with E-state index in [-0.39, 0.29) is 34.6 Å². The number of aromatic nitrogens is 1. The number of rotatable bonds is 8. The van der Waals surface area contributed by atoms with Crippen LogP contribution in [0.5, 0.6) is 5.75 Å². The highest BCUT2D eigenvalue weighted by atomic mass is 79.9. The fourth-order valence-electron chi connectivity index (χ4n) is 3.24. The van der Waals surface area contributed by atoms with E-state index in [1.165, 1.54) is 0 Å². The first-order chi connectivity index (χ1) is 14.7. The van der Waals surface area contributed by atoms with E-state index in [9.17, 15) is 9.59 Å². The lowest BCUT2D eigenvalue weighted by Crippen LogP contribution is -2.42. The van der Waals surface area contributed by atoms with Gasteiger partial charge in [0.2, 0.25) is 5.43 Å². The lowest BCUT2D eigenvalue weighted by molar-refractivity contribution is 0.0523. The topological polar surface area (TPSA) is 66.8 Å². The van der Waals surface area contributed by atoms with Gasteiger partial charge in [0.1, 0.15) is 11.3 Å². The summed E-state index contributed by atoms with van der Waals surface area (Å²) in [5, 5.41) is 0.505. The highest BCUT2D eigenvalue weighted by Gasteiger charge is 2.38. The molecule has 32 heavy (non-hydrogen) atoms. The Hall–Kier alpha value is -1.64. The third-order valence-corrected chi connectivity index (χ3v) is 11.5. The number of nitrogens with zero attached hydrogens (tertiary/aromatic N) is 1. The number of carbonyl (C=O) groups excluding carboxylic acids is 1. The molecule has 2 aromatic rings. The molecule has 0 aliphatic rings. The van der Waals surface area contributed by atoms with Crippen molar-refractivity contribution in [3.63, 3.8) is 0 Å². The number of pyridine rings is 1. The summed E-state index contributed by atoms with van der Waals surface area (Å²) < 4.78 is 19.9. The maximum atomic E-state index is 13.2. The van der Waals surface area contributed by atoms with E-state index < -0.39 is 14.3 Å². The molecule has 1 aromatic carbocycles. The zero-order chi connectivity index (χ0) is 24.4. The lowest BCUT2D eigenvalue weighted by atomic mass is 10.0. The van der Waals surface area contributed by atoms with Gasteiger partial charge in [-0.05, 0) is 53.0 Å². The first kappa shape index (κ1) is 26.6. The fraction of sp³-hybridized carbons (Fsp3) is 0.583. The van der Waals surface area contributed by atoms with Crippen LogP contribution in [0.1, 0.15) is 57.9 Å². The number of carbonyl (C=O) groups is 1. The van der Waals surface area contributed by atoms with Crippen LogP contribution in [0.25, 0.3) is 10.9 Å². The Morgan fingerprint density at radius 1 is 1.22 bits per heavy atom. The van der Waals surface area contributed by atoms with Crippen LogP contribution in [0.2, 0.25) is 18.1 Å². The summed E-state index contributed by atoms with van der Waals surface area (Å²) in [6.07, 6.45) is 1.62. The van der Waals surface area contributed by atoms with Crippen molar-refractivity contribution >= 4 is 41.1 Å². The van der Waals surface area contributed by atoms with E-state index in [0.717, 1.165) is 0 Å². The van der Waals surface area contributed by atoms with Gasteiger partial charge in [0, 0.05) is 17.6 Å². The lowest BCUT2D eigenvalue weighted by Gasteiger charge is -2.38. The van der Waals surface area contributed by atoms with Gasteiger partial charge >= 0.3 is 5.97 Å². The molecule has 1 aromatic heterocycles. The minimum Gasteiger partial charge on any atom is -0.495 e. The quantitative estimate of drug-likeness (QED) is 0.304. The van der Waals surface area contributed by atoms with Crippen LogP contribution in [0.15, 0.2) is 27.6 Å². The maximum Gasteiger partial charge on any atom is 0.343 e. The Balaban J connectivity index is 2.74. The number of methoxy groups -OCH3 is 1. The SMILES string of the molecule is CCOC(=O)c1cn(C(CO[Si](C)(C)C(C)(C)C)C(C)C)c2cc(OC)c(Br)cc2c1=O. The van der Waals surface area contributed by atoms with Crippen LogP contribution >= 0.6 is 15.9 Å². The molecule has 0 fully saturated rings. The highest BCUT2D eigenvalue weighted by molar-refractivity contribution is 9.10. The smallest absolute Gasteiger partial charge is 0.343 e. The number of hydrogen-bond acceptors (Lipinski definition) is 5. The van der Waals surface area contributed by atoms with Crippen molar-refractivity contribution in [2.75, 3.05) is 20.3 Å². The van der Waals surface area contributed by atoms with Gasteiger partial charge in [0.05, 0.1) is 36.4 Å². The van der Waals surface area contributed by atoms with E-state index in [4.69, 9.17) is 13.9 Å². The van der Waals surface area contributed by atoms with Crippen LogP contribution in [0.3, 0.4) is 0 Å². The number of halogens is 1. The molecule has 0 aliphatic heterocycles. The van der Waals surface area contributed by atoms with Crippen LogP contribution in [-0.2, 0) is 9.16 Å². The normalized spacial score (nSPS) is 13.5. The average molecular weight is 527 g/mol. The van der Waals surface area contributed by atoms with Gasteiger partial charge in [0.25, 0.3) is 0 Å². The Bertz CT molecular complexity index is 1040. The van der Waals surface area contributed by atoms with Crippen molar-refractivity contribution in [1.82, 2.24) is 4.57 Å². The second-order valence-electron chi connectivity index (χ2n) is 9.89. The minimum atomic E-state index is -2.00. The van der Waals surface area contributed by atoms with Crippen LogP contribution < -0.4 is 10.2 Å². The number of fused-ring (bicyclic) bond motifs is 1. The molecule has 6 nitrogen and oxygen atoms in total. The van der Waals surface area contributed by atoms with Crippen LogP contribution in [0.4, 0.5) is 0 Å². The van der Waals surface area contributed by atoms with Crippen molar-refractivity contribution in [1.29, 1.82) is 0 Å². The monoisotopic (exact) mass is 525 g/mol. The molecule has 0 bridgehead atoms. The number of benzene rings is 1. The fourth-order valence-corrected chi connectivity index (χ4v) is 4.77. The van der Waals surface area contributed by atoms with E-state index >= 15 is 0 Å². The Morgan fingerprint density at radius 2 is 1.84 bits per heavy atom. The molecule has 0 aliphatic carbocycles. The molecule has 0 radical (unpaired) electrons. The van der Waals surface area contributed by atoms with Crippen molar-refractivity contribution in [2.45, 2.75) is 65.7 Å². The second kappa shape index (κ2) is 10.1. The summed E-state index contributed by atoms with van der Waals surface area (Å²) in [4.78, 5) is 25.8. The van der Waals surface area contributed by atoms with Crippen molar-refractivity contribution in [3.8, 4) is 5.75 Å². The molecule has 1 atom stereocenters. The van der Waals surface area contributed by atoms with Gasteiger partial charge in [-0.25, -0.2) is 4.79 Å². The maximum absolute atomic E-state index is 13.2. The Kier molecular flexibility index (Phi) is 8.39. The summed E-state index contributed by atoms with van der Waals surface area (Å²) in [7, 11) is -0.413. The molecule has 1 heterocycles. The van der Waals surface area contributed by atoms with E-state index in [0.29, 0.717) is 27.7 Å². The largest absolute Gasteiger partial charge is 0.495 e. The van der Waals surface area contributed by atoms with Crippen LogP contribution in [-0.4, -0.2) is 39.2 Å². The van der Waals surface area contributed by atoms with Gasteiger partial charge in [-0.1, -0.05) is 34.6 Å². The summed E-state index contributed by atoms with van der Waals surface area (Å²) in [6, 6.07) is 3.45. The van der Waals surface area contributed by atoms with Crippen molar-refractivity contribution in [2.24, 2.45) is 5.92 Å². The molecule has 0 amide bonds. The van der Waals surface area contributed by atoms with Gasteiger partial charge in [0.15, 0.2) is 8.32 Å². The zero-order valence-corrected chi connectivity index (χ0v) is 23.3. The van der Waals surface area contributed by atoms with Crippen molar-refractivity contribution in [3.05, 3.63) is 38.6 Å². The summed E-state index contributed by atoms with van der Waals surface area (Å²) >= 11 is 3.46. The summed E-state index contributed by atoms with van der Waals surface area (Å²) in [6.45, 7) is 17.7. The number of esters is 1. The second-order valence-corrected chi connectivity index (χ2v) is 15.5. The van der Waals surface area contributed by atoms with Gasteiger partial charge in [-0.2, -0.15) is 0 Å². The predicted octanol–water partition coefficient (Wildman–Crippen LogP) is 6.17. The molecule has 2 rings (SSSR count). The van der Waals surface area contributed by atoms with Gasteiger partial charge in [-0.15, -0.1) is 0 Å². The zero-order valence-electron chi connectivity index (χ0n) is 20.7.